The van der Waals surface area contributed by atoms with Crippen LogP contribution in [-0.2, 0) is 9.53 Å². The molecule has 2 aliphatic rings. The third-order valence-corrected chi connectivity index (χ3v) is 7.43. The number of carbonyl (C=O) groups excluding carboxylic acids is 2. The number of halogens is 2. The van der Waals surface area contributed by atoms with E-state index in [9.17, 15) is 18.4 Å². The van der Waals surface area contributed by atoms with E-state index in [2.05, 4.69) is 0 Å². The number of benzene rings is 3. The van der Waals surface area contributed by atoms with Gasteiger partial charge in [-0.2, -0.15) is 5.10 Å². The monoisotopic (exact) mass is 576 g/mol. The number of hydrazone groups is 1. The molecule has 1 amide bonds. The summed E-state index contributed by atoms with van der Waals surface area (Å²) in [5, 5.41) is 6.06. The van der Waals surface area contributed by atoms with E-state index in [1.807, 2.05) is 6.08 Å². The van der Waals surface area contributed by atoms with Crippen LogP contribution in [0.5, 0.6) is 17.2 Å². The highest BCUT2D eigenvalue weighted by Gasteiger charge is 2.44. The minimum Gasteiger partial charge on any atom is -0.496 e. The predicted molar refractivity (Wildman–Crippen MR) is 152 cm³/mol. The summed E-state index contributed by atoms with van der Waals surface area (Å²) in [5.74, 6) is -1.36. The van der Waals surface area contributed by atoms with Crippen molar-refractivity contribution >= 4 is 23.7 Å². The summed E-state index contributed by atoms with van der Waals surface area (Å²) >= 11 is 0. The van der Waals surface area contributed by atoms with Gasteiger partial charge in [0.1, 0.15) is 22.9 Å². The minimum atomic E-state index is -0.791. The van der Waals surface area contributed by atoms with Gasteiger partial charge in [-0.05, 0) is 66.3 Å². The van der Waals surface area contributed by atoms with E-state index < -0.39 is 30.3 Å². The Morgan fingerprint density at radius 1 is 0.905 bits per heavy atom. The van der Waals surface area contributed by atoms with Crippen LogP contribution in [0.15, 0.2) is 71.3 Å². The molecule has 1 saturated carbocycles. The summed E-state index contributed by atoms with van der Waals surface area (Å²) in [6.45, 7) is -0.589. The molecule has 0 saturated heterocycles. The molecule has 0 spiro atoms. The SMILES string of the molecule is COc1cc(OC)c(C(=O)OCC(=O)N2N=C3C(=Cc4ccc(F)cc4)CCCC3C2c2ccc(F)cc2)cc1OC. The van der Waals surface area contributed by atoms with Gasteiger partial charge in [0.05, 0.1) is 33.1 Å². The highest BCUT2D eigenvalue weighted by Crippen LogP contribution is 2.44. The molecule has 1 heterocycles. The van der Waals surface area contributed by atoms with Crippen LogP contribution in [0.1, 0.15) is 46.8 Å². The highest BCUT2D eigenvalue weighted by atomic mass is 19.1. The summed E-state index contributed by atoms with van der Waals surface area (Å²) in [6, 6.07) is 14.5. The van der Waals surface area contributed by atoms with Crippen molar-refractivity contribution in [2.24, 2.45) is 11.0 Å². The fraction of sp³-hybridized carbons (Fsp3) is 0.281. The molecule has 3 aromatic carbocycles. The Labute approximate surface area is 242 Å². The van der Waals surface area contributed by atoms with Crippen LogP contribution < -0.4 is 14.2 Å². The summed E-state index contributed by atoms with van der Waals surface area (Å²) in [4.78, 5) is 26.6. The number of hydrogen-bond donors (Lipinski definition) is 0. The second-order valence-corrected chi connectivity index (χ2v) is 9.92. The van der Waals surface area contributed by atoms with Crippen LogP contribution >= 0.6 is 0 Å². The van der Waals surface area contributed by atoms with Crippen LogP contribution in [0, 0.1) is 17.6 Å². The smallest absolute Gasteiger partial charge is 0.342 e. The predicted octanol–water partition coefficient (Wildman–Crippen LogP) is 5.97. The highest BCUT2D eigenvalue weighted by molar-refractivity contribution is 6.08. The molecule has 1 aliphatic carbocycles. The molecule has 2 unspecified atom stereocenters. The van der Waals surface area contributed by atoms with Crippen molar-refractivity contribution in [1.29, 1.82) is 0 Å². The summed E-state index contributed by atoms with van der Waals surface area (Å²) in [5.41, 5.74) is 3.26. The Kier molecular flexibility index (Phi) is 8.51. The first kappa shape index (κ1) is 28.8. The molecule has 0 N–H and O–H groups in total. The first-order chi connectivity index (χ1) is 20.3. The molecule has 218 valence electrons. The van der Waals surface area contributed by atoms with Crippen molar-refractivity contribution in [3.05, 3.63) is 94.6 Å². The molecule has 3 aromatic rings. The second-order valence-electron chi connectivity index (χ2n) is 9.92. The van der Waals surface area contributed by atoms with Crippen LogP contribution in [0.2, 0.25) is 0 Å². The van der Waals surface area contributed by atoms with Gasteiger partial charge in [-0.15, -0.1) is 0 Å². The van der Waals surface area contributed by atoms with E-state index in [4.69, 9.17) is 24.0 Å². The van der Waals surface area contributed by atoms with Crippen molar-refractivity contribution in [1.82, 2.24) is 5.01 Å². The first-order valence-electron chi connectivity index (χ1n) is 13.4. The van der Waals surface area contributed by atoms with Crippen LogP contribution in [0.25, 0.3) is 6.08 Å². The van der Waals surface area contributed by atoms with Crippen LogP contribution in [0.4, 0.5) is 8.78 Å². The first-order valence-corrected chi connectivity index (χ1v) is 13.4. The Balaban J connectivity index is 1.43. The lowest BCUT2D eigenvalue weighted by Crippen LogP contribution is -2.34. The van der Waals surface area contributed by atoms with Crippen molar-refractivity contribution in [3.8, 4) is 17.2 Å². The van der Waals surface area contributed by atoms with Crippen LogP contribution in [-0.4, -0.2) is 50.5 Å². The maximum Gasteiger partial charge on any atom is 0.342 e. The van der Waals surface area contributed by atoms with Gasteiger partial charge in [-0.3, -0.25) is 4.79 Å². The molecule has 42 heavy (non-hydrogen) atoms. The van der Waals surface area contributed by atoms with Gasteiger partial charge in [0.25, 0.3) is 5.91 Å². The van der Waals surface area contributed by atoms with E-state index in [0.717, 1.165) is 36.1 Å². The summed E-state index contributed by atoms with van der Waals surface area (Å²) < 4.78 is 48.6. The summed E-state index contributed by atoms with van der Waals surface area (Å²) in [7, 11) is 4.29. The van der Waals surface area contributed by atoms with E-state index in [1.165, 1.54) is 62.7 Å². The molecular formula is C32H30F2N2O6. The Morgan fingerprint density at radius 2 is 1.52 bits per heavy atom. The van der Waals surface area contributed by atoms with Crippen LogP contribution in [0.3, 0.4) is 0 Å². The zero-order chi connectivity index (χ0) is 29.8. The van der Waals surface area contributed by atoms with E-state index in [0.29, 0.717) is 17.1 Å². The molecule has 0 bridgehead atoms. The van der Waals surface area contributed by atoms with Gasteiger partial charge in [-0.25, -0.2) is 18.6 Å². The molecule has 2 atom stereocenters. The Bertz CT molecular complexity index is 1540. The van der Waals surface area contributed by atoms with Gasteiger partial charge in [0.15, 0.2) is 18.1 Å². The van der Waals surface area contributed by atoms with Crippen molar-refractivity contribution in [2.45, 2.75) is 25.3 Å². The summed E-state index contributed by atoms with van der Waals surface area (Å²) in [6.07, 6.45) is 4.29. The number of carbonyl (C=O) groups is 2. The third kappa shape index (κ3) is 5.83. The van der Waals surface area contributed by atoms with Crippen molar-refractivity contribution in [2.75, 3.05) is 27.9 Å². The normalized spacial score (nSPS) is 18.7. The van der Waals surface area contributed by atoms with Gasteiger partial charge < -0.3 is 18.9 Å². The van der Waals surface area contributed by atoms with Gasteiger partial charge in [0, 0.05) is 18.1 Å². The van der Waals surface area contributed by atoms with Gasteiger partial charge in [0.2, 0.25) is 0 Å². The number of methoxy groups -OCH3 is 3. The second kappa shape index (κ2) is 12.4. The number of ether oxygens (including phenoxy) is 4. The van der Waals surface area contributed by atoms with E-state index in [1.54, 1.807) is 24.3 Å². The number of rotatable bonds is 8. The lowest BCUT2D eigenvalue weighted by molar-refractivity contribution is -0.137. The Morgan fingerprint density at radius 3 is 2.17 bits per heavy atom. The standard InChI is InChI=1S/C32H30F2N2O6/c1-39-26-17-28(41-3)27(40-2)16-25(26)32(38)42-18-29(37)36-31(20-9-13-23(34)14-10-20)24-6-4-5-21(30(24)35-36)15-19-7-11-22(33)12-8-19/h7-17,24,31H,4-6,18H2,1-3H3. The average Bonchev–Trinajstić information content (AvgIpc) is 3.41. The van der Waals surface area contributed by atoms with Crippen molar-refractivity contribution < 1.29 is 37.3 Å². The molecule has 10 heteroatoms. The zero-order valence-electron chi connectivity index (χ0n) is 23.4. The average molecular weight is 577 g/mol. The van der Waals surface area contributed by atoms with Crippen molar-refractivity contribution in [3.63, 3.8) is 0 Å². The molecular weight excluding hydrogens is 546 g/mol. The largest absolute Gasteiger partial charge is 0.496 e. The number of amides is 1. The lowest BCUT2D eigenvalue weighted by Gasteiger charge is -2.29. The quantitative estimate of drug-likeness (QED) is 0.307. The van der Waals surface area contributed by atoms with Gasteiger partial charge >= 0.3 is 5.97 Å². The molecule has 1 aliphatic heterocycles. The molecule has 8 nitrogen and oxygen atoms in total. The van der Waals surface area contributed by atoms with E-state index in [-0.39, 0.29) is 23.0 Å². The third-order valence-electron chi connectivity index (χ3n) is 7.43. The molecule has 5 rings (SSSR count). The molecule has 0 radical (unpaired) electrons. The topological polar surface area (TPSA) is 86.7 Å². The maximum absolute atomic E-state index is 13.8. The Hall–Kier alpha value is -4.73. The lowest BCUT2D eigenvalue weighted by atomic mass is 9.77. The van der Waals surface area contributed by atoms with Gasteiger partial charge in [-0.1, -0.05) is 24.3 Å². The number of nitrogens with zero attached hydrogens (tertiary/aromatic N) is 2. The number of esters is 1. The number of fused-ring (bicyclic) bond motifs is 1. The van der Waals surface area contributed by atoms with E-state index >= 15 is 0 Å². The number of hydrogen-bond acceptors (Lipinski definition) is 7. The minimum absolute atomic E-state index is 0.0592. The maximum atomic E-state index is 13.8. The molecule has 1 fully saturated rings. The zero-order valence-corrected chi connectivity index (χ0v) is 23.4. The molecule has 0 aromatic heterocycles. The fourth-order valence-corrected chi connectivity index (χ4v) is 5.42. The number of allylic oxidation sites excluding steroid dienone is 1. The fourth-order valence-electron chi connectivity index (χ4n) is 5.42.